The minimum Gasteiger partial charge on any atom is -0.388 e. The Morgan fingerprint density at radius 2 is 1.96 bits per heavy atom. The molecule has 0 radical (unpaired) electrons. The molecule has 1 saturated heterocycles. The summed E-state index contributed by atoms with van der Waals surface area (Å²) in [6.07, 6.45) is 1.59. The SMILES string of the molecule is CC(F)(F)CCC(=O)N1CCC2(CC1)CC(c1ccccc1)=NO2. The van der Waals surface area contributed by atoms with Gasteiger partial charge in [-0.3, -0.25) is 4.79 Å². The van der Waals surface area contributed by atoms with Crippen molar-refractivity contribution in [2.45, 2.75) is 50.6 Å². The van der Waals surface area contributed by atoms with Gasteiger partial charge in [-0.25, -0.2) is 8.78 Å². The summed E-state index contributed by atoms with van der Waals surface area (Å²) >= 11 is 0. The number of nitrogens with zero attached hydrogens (tertiary/aromatic N) is 2. The number of hydrogen-bond donors (Lipinski definition) is 0. The van der Waals surface area contributed by atoms with Crippen LogP contribution in [0.1, 0.15) is 44.6 Å². The number of benzene rings is 1. The maximum atomic E-state index is 12.9. The third kappa shape index (κ3) is 3.91. The predicted octanol–water partition coefficient (Wildman–Crippen LogP) is 3.61. The number of hydrogen-bond acceptors (Lipinski definition) is 3. The summed E-state index contributed by atoms with van der Waals surface area (Å²) in [4.78, 5) is 19.4. The Balaban J connectivity index is 1.52. The molecule has 0 bridgehead atoms. The molecule has 4 nitrogen and oxygen atoms in total. The van der Waals surface area contributed by atoms with Crippen LogP contribution in [0.25, 0.3) is 0 Å². The van der Waals surface area contributed by atoms with Gasteiger partial charge in [-0.05, 0) is 12.5 Å². The van der Waals surface area contributed by atoms with Crippen molar-refractivity contribution in [1.29, 1.82) is 0 Å². The van der Waals surface area contributed by atoms with Gasteiger partial charge in [-0.15, -0.1) is 0 Å². The Kier molecular flexibility index (Phi) is 4.56. The number of carbonyl (C=O) groups excluding carboxylic acids is 1. The maximum Gasteiger partial charge on any atom is 0.245 e. The van der Waals surface area contributed by atoms with Gasteiger partial charge < -0.3 is 9.74 Å². The Bertz CT molecular complexity index is 618. The van der Waals surface area contributed by atoms with Crippen molar-refractivity contribution < 1.29 is 18.4 Å². The molecule has 1 fully saturated rings. The Labute approximate surface area is 140 Å². The first-order chi connectivity index (χ1) is 11.4. The molecule has 130 valence electrons. The molecule has 0 atom stereocenters. The molecule has 0 unspecified atom stereocenters. The van der Waals surface area contributed by atoms with Crippen molar-refractivity contribution in [2.75, 3.05) is 13.1 Å². The van der Waals surface area contributed by atoms with Crippen LogP contribution < -0.4 is 0 Å². The van der Waals surface area contributed by atoms with Crippen molar-refractivity contribution in [2.24, 2.45) is 5.16 Å². The van der Waals surface area contributed by atoms with Gasteiger partial charge in [0, 0.05) is 45.2 Å². The zero-order valence-corrected chi connectivity index (χ0v) is 13.8. The van der Waals surface area contributed by atoms with Crippen LogP contribution in [-0.2, 0) is 9.63 Å². The van der Waals surface area contributed by atoms with Gasteiger partial charge in [0.1, 0.15) is 5.60 Å². The molecule has 0 N–H and O–H groups in total. The van der Waals surface area contributed by atoms with Crippen LogP contribution in [-0.4, -0.2) is 41.1 Å². The Hall–Kier alpha value is -1.98. The van der Waals surface area contributed by atoms with Crippen LogP contribution in [0.15, 0.2) is 35.5 Å². The summed E-state index contributed by atoms with van der Waals surface area (Å²) in [5.41, 5.74) is 1.63. The molecule has 24 heavy (non-hydrogen) atoms. The van der Waals surface area contributed by atoms with E-state index in [1.165, 1.54) is 0 Å². The molecule has 2 heterocycles. The molecule has 1 spiro atoms. The lowest BCUT2D eigenvalue weighted by Gasteiger charge is -2.37. The number of alkyl halides is 2. The first-order valence-electron chi connectivity index (χ1n) is 8.33. The van der Waals surface area contributed by atoms with E-state index in [9.17, 15) is 13.6 Å². The monoisotopic (exact) mass is 336 g/mol. The van der Waals surface area contributed by atoms with Crippen LogP contribution >= 0.6 is 0 Å². The van der Waals surface area contributed by atoms with Gasteiger partial charge in [-0.1, -0.05) is 35.5 Å². The molecule has 2 aliphatic heterocycles. The van der Waals surface area contributed by atoms with E-state index >= 15 is 0 Å². The predicted molar refractivity (Wildman–Crippen MR) is 87.1 cm³/mol. The van der Waals surface area contributed by atoms with E-state index in [0.29, 0.717) is 25.9 Å². The number of halogens is 2. The van der Waals surface area contributed by atoms with E-state index in [2.05, 4.69) is 5.16 Å². The Morgan fingerprint density at radius 3 is 2.58 bits per heavy atom. The van der Waals surface area contributed by atoms with E-state index in [-0.39, 0.29) is 17.9 Å². The highest BCUT2D eigenvalue weighted by Gasteiger charge is 2.43. The van der Waals surface area contributed by atoms with Crippen molar-refractivity contribution in [1.82, 2.24) is 4.90 Å². The zero-order chi connectivity index (χ0) is 17.2. The van der Waals surface area contributed by atoms with Gasteiger partial charge >= 0.3 is 0 Å². The van der Waals surface area contributed by atoms with Crippen molar-refractivity contribution >= 4 is 11.6 Å². The van der Waals surface area contributed by atoms with Gasteiger partial charge in [0.2, 0.25) is 11.8 Å². The molecule has 2 aliphatic rings. The number of rotatable bonds is 4. The third-order valence-corrected chi connectivity index (χ3v) is 4.75. The van der Waals surface area contributed by atoms with Crippen LogP contribution in [0.4, 0.5) is 8.78 Å². The Morgan fingerprint density at radius 1 is 1.29 bits per heavy atom. The van der Waals surface area contributed by atoms with Gasteiger partial charge in [0.05, 0.1) is 5.71 Å². The zero-order valence-electron chi connectivity index (χ0n) is 13.8. The summed E-state index contributed by atoms with van der Waals surface area (Å²) in [6.45, 7) is 1.91. The summed E-state index contributed by atoms with van der Waals surface area (Å²) in [5.74, 6) is -2.99. The lowest BCUT2D eigenvalue weighted by molar-refractivity contribution is -0.138. The third-order valence-electron chi connectivity index (χ3n) is 4.75. The second-order valence-electron chi connectivity index (χ2n) is 6.81. The number of carbonyl (C=O) groups is 1. The lowest BCUT2D eigenvalue weighted by Crippen LogP contribution is -2.47. The highest BCUT2D eigenvalue weighted by atomic mass is 19.3. The quantitative estimate of drug-likeness (QED) is 0.843. The van der Waals surface area contributed by atoms with Gasteiger partial charge in [-0.2, -0.15) is 0 Å². The first kappa shape index (κ1) is 16.9. The minimum atomic E-state index is -2.79. The first-order valence-corrected chi connectivity index (χ1v) is 8.33. The second kappa shape index (κ2) is 6.49. The fourth-order valence-electron chi connectivity index (χ4n) is 3.22. The molecule has 0 aromatic heterocycles. The van der Waals surface area contributed by atoms with E-state index in [1.807, 2.05) is 30.3 Å². The molecule has 3 rings (SSSR count). The molecule has 0 aliphatic carbocycles. The number of likely N-dealkylation sites (tertiary alicyclic amines) is 1. The molecule has 1 aromatic rings. The smallest absolute Gasteiger partial charge is 0.245 e. The molecule has 1 aromatic carbocycles. The molecular formula is C18H22F2N2O2. The average Bonchev–Trinajstić information content (AvgIpc) is 2.97. The molecule has 6 heteroatoms. The number of amides is 1. The highest BCUT2D eigenvalue weighted by molar-refractivity contribution is 6.01. The minimum absolute atomic E-state index is 0.108. The van der Waals surface area contributed by atoms with Crippen LogP contribution in [0.3, 0.4) is 0 Å². The number of piperidine rings is 1. The summed E-state index contributed by atoms with van der Waals surface area (Å²) < 4.78 is 25.8. The largest absolute Gasteiger partial charge is 0.388 e. The van der Waals surface area contributed by atoms with Crippen LogP contribution in [0.5, 0.6) is 0 Å². The van der Waals surface area contributed by atoms with Crippen LogP contribution in [0.2, 0.25) is 0 Å². The standard InChI is InChI=1S/C18H22F2N2O2/c1-17(19,20)8-7-16(23)22-11-9-18(10-12-22)13-15(21-24-18)14-5-3-2-4-6-14/h2-6H,7-13H2,1H3. The normalized spacial score (nSPS) is 20.0. The van der Waals surface area contributed by atoms with E-state index in [1.54, 1.807) is 4.90 Å². The van der Waals surface area contributed by atoms with Crippen molar-refractivity contribution in [3.63, 3.8) is 0 Å². The average molecular weight is 336 g/mol. The summed E-state index contributed by atoms with van der Waals surface area (Å²) in [7, 11) is 0. The van der Waals surface area contributed by atoms with Gasteiger partial charge in [0.25, 0.3) is 0 Å². The second-order valence-corrected chi connectivity index (χ2v) is 6.81. The maximum absolute atomic E-state index is 12.9. The topological polar surface area (TPSA) is 41.9 Å². The van der Waals surface area contributed by atoms with Crippen molar-refractivity contribution in [3.8, 4) is 0 Å². The molecule has 0 saturated carbocycles. The lowest BCUT2D eigenvalue weighted by atomic mass is 9.85. The molecular weight excluding hydrogens is 314 g/mol. The van der Waals surface area contributed by atoms with Crippen molar-refractivity contribution in [3.05, 3.63) is 35.9 Å². The molecule has 1 amide bonds. The van der Waals surface area contributed by atoms with E-state index in [4.69, 9.17) is 4.84 Å². The van der Waals surface area contributed by atoms with E-state index in [0.717, 1.165) is 24.6 Å². The van der Waals surface area contributed by atoms with E-state index < -0.39 is 12.3 Å². The van der Waals surface area contributed by atoms with Crippen LogP contribution in [0, 0.1) is 0 Å². The highest BCUT2D eigenvalue weighted by Crippen LogP contribution is 2.36. The summed E-state index contributed by atoms with van der Waals surface area (Å²) in [5, 5.41) is 4.24. The number of oxime groups is 1. The van der Waals surface area contributed by atoms with Gasteiger partial charge in [0.15, 0.2) is 0 Å². The summed E-state index contributed by atoms with van der Waals surface area (Å²) in [6, 6.07) is 9.90. The fraction of sp³-hybridized carbons (Fsp3) is 0.556. The fourth-order valence-corrected chi connectivity index (χ4v) is 3.22.